The van der Waals surface area contributed by atoms with Crippen LogP contribution in [0.3, 0.4) is 0 Å². The minimum Gasteiger partial charge on any atom is -0.493 e. The highest BCUT2D eigenvalue weighted by atomic mass is 16.5. The summed E-state index contributed by atoms with van der Waals surface area (Å²) in [5.74, 6) is 1.39. The van der Waals surface area contributed by atoms with E-state index >= 15 is 0 Å². The Kier molecular flexibility index (Phi) is 3.81. The molecule has 0 saturated heterocycles. The van der Waals surface area contributed by atoms with Gasteiger partial charge in [-0.05, 0) is 17.7 Å². The lowest BCUT2D eigenvalue weighted by molar-refractivity contribution is 0.346. The van der Waals surface area contributed by atoms with Crippen LogP contribution in [0.2, 0.25) is 0 Å². The summed E-state index contributed by atoms with van der Waals surface area (Å²) in [7, 11) is 5.18. The van der Waals surface area contributed by atoms with Gasteiger partial charge in [-0.1, -0.05) is 6.07 Å². The van der Waals surface area contributed by atoms with E-state index in [0.29, 0.717) is 17.2 Å². The molecule has 1 aliphatic heterocycles. The highest BCUT2D eigenvalue weighted by molar-refractivity contribution is 5.44. The van der Waals surface area contributed by atoms with Gasteiger partial charge < -0.3 is 19.7 Å². The van der Waals surface area contributed by atoms with Crippen LogP contribution >= 0.6 is 0 Å². The van der Waals surface area contributed by atoms with Gasteiger partial charge in [0.05, 0.1) is 20.3 Å². The highest BCUT2D eigenvalue weighted by Gasteiger charge is 2.20. The summed E-state index contributed by atoms with van der Waals surface area (Å²) in [4.78, 5) is 2.00. The first-order valence-electron chi connectivity index (χ1n) is 5.98. The molecule has 0 fully saturated rings. The fraction of sp³-hybridized carbons (Fsp3) is 0.357. The molecule has 0 aromatic heterocycles. The predicted octanol–water partition coefficient (Wildman–Crippen LogP) is 1.64. The van der Waals surface area contributed by atoms with Crippen LogP contribution in [-0.4, -0.2) is 32.7 Å². The molecule has 5 heteroatoms. The normalized spacial score (nSPS) is 18.1. The summed E-state index contributed by atoms with van der Waals surface area (Å²) < 4.78 is 10.5. The van der Waals surface area contributed by atoms with E-state index in [1.54, 1.807) is 20.4 Å². The van der Waals surface area contributed by atoms with Gasteiger partial charge in [-0.2, -0.15) is 5.26 Å². The van der Waals surface area contributed by atoms with Crippen LogP contribution in [0.5, 0.6) is 11.5 Å². The first-order valence-corrected chi connectivity index (χ1v) is 5.98. The molecule has 0 aliphatic carbocycles. The van der Waals surface area contributed by atoms with Crippen LogP contribution in [0.15, 0.2) is 30.1 Å². The van der Waals surface area contributed by atoms with Gasteiger partial charge in [-0.3, -0.25) is 0 Å². The molecule has 1 aromatic carbocycles. The van der Waals surface area contributed by atoms with E-state index in [-0.39, 0.29) is 6.04 Å². The standard InChI is InChI=1S/C14H17N3O2/c1-17-8-11(7-15)16-12(9-17)10-4-5-13(18-2)14(6-10)19-3/h4-6,8,12,16H,9H2,1-3H3. The fourth-order valence-electron chi connectivity index (χ4n) is 2.15. The van der Waals surface area contributed by atoms with Crippen molar-refractivity contribution in [1.82, 2.24) is 10.2 Å². The Labute approximate surface area is 113 Å². The third-order valence-electron chi connectivity index (χ3n) is 3.08. The number of hydrogen-bond acceptors (Lipinski definition) is 5. The molecule has 0 spiro atoms. The molecule has 0 bridgehead atoms. The highest BCUT2D eigenvalue weighted by Crippen LogP contribution is 2.31. The van der Waals surface area contributed by atoms with Gasteiger partial charge in [0.1, 0.15) is 11.8 Å². The van der Waals surface area contributed by atoms with Gasteiger partial charge in [0, 0.05) is 19.8 Å². The zero-order valence-corrected chi connectivity index (χ0v) is 11.3. The number of methoxy groups -OCH3 is 2. The molecule has 5 nitrogen and oxygen atoms in total. The molecular formula is C14H17N3O2. The number of nitrogens with one attached hydrogen (secondary N) is 1. The molecule has 1 aliphatic rings. The van der Waals surface area contributed by atoms with Crippen molar-refractivity contribution < 1.29 is 9.47 Å². The second-order valence-electron chi connectivity index (χ2n) is 4.41. The second kappa shape index (κ2) is 5.53. The van der Waals surface area contributed by atoms with Gasteiger partial charge in [0.25, 0.3) is 0 Å². The Morgan fingerprint density at radius 3 is 2.68 bits per heavy atom. The molecule has 1 heterocycles. The first-order chi connectivity index (χ1) is 9.17. The number of nitrogens with zero attached hydrogens (tertiary/aromatic N) is 2. The molecule has 1 atom stereocenters. The quantitative estimate of drug-likeness (QED) is 0.894. The molecule has 1 aromatic rings. The van der Waals surface area contributed by atoms with Crippen molar-refractivity contribution in [3.8, 4) is 17.6 Å². The first kappa shape index (κ1) is 13.1. The average molecular weight is 259 g/mol. The molecule has 2 rings (SSSR count). The number of benzene rings is 1. The van der Waals surface area contributed by atoms with E-state index in [0.717, 1.165) is 12.1 Å². The number of rotatable bonds is 3. The van der Waals surface area contributed by atoms with Crippen LogP contribution < -0.4 is 14.8 Å². The Morgan fingerprint density at radius 1 is 1.32 bits per heavy atom. The molecule has 19 heavy (non-hydrogen) atoms. The maximum absolute atomic E-state index is 9.00. The summed E-state index contributed by atoms with van der Waals surface area (Å²) in [5.41, 5.74) is 1.62. The SMILES string of the molecule is COc1ccc(C2CN(C)C=C(C#N)N2)cc1OC. The number of likely N-dealkylation sites (N-methyl/N-ethyl adjacent to an activating group) is 1. The van der Waals surface area contributed by atoms with Crippen molar-refractivity contribution in [1.29, 1.82) is 5.26 Å². The van der Waals surface area contributed by atoms with Gasteiger partial charge in [-0.25, -0.2) is 0 Å². The fourth-order valence-corrected chi connectivity index (χ4v) is 2.15. The van der Waals surface area contributed by atoms with Crippen LogP contribution in [0.25, 0.3) is 0 Å². The summed E-state index contributed by atoms with van der Waals surface area (Å²) in [6, 6.07) is 7.99. The van der Waals surface area contributed by atoms with Gasteiger partial charge >= 0.3 is 0 Å². The Hall–Kier alpha value is -2.35. The molecule has 0 amide bonds. The van der Waals surface area contributed by atoms with Gasteiger partial charge in [-0.15, -0.1) is 0 Å². The monoisotopic (exact) mass is 259 g/mol. The van der Waals surface area contributed by atoms with Crippen molar-refractivity contribution in [2.24, 2.45) is 0 Å². The smallest absolute Gasteiger partial charge is 0.161 e. The zero-order chi connectivity index (χ0) is 13.8. The van der Waals surface area contributed by atoms with Crippen LogP contribution in [-0.2, 0) is 0 Å². The van der Waals surface area contributed by atoms with Gasteiger partial charge in [0.2, 0.25) is 0 Å². The molecule has 100 valence electrons. The molecular weight excluding hydrogens is 242 g/mol. The topological polar surface area (TPSA) is 57.5 Å². The van der Waals surface area contributed by atoms with E-state index < -0.39 is 0 Å². The number of nitriles is 1. The lowest BCUT2D eigenvalue weighted by atomic mass is 10.0. The second-order valence-corrected chi connectivity index (χ2v) is 4.41. The number of ether oxygens (including phenoxy) is 2. The van der Waals surface area contributed by atoms with Crippen LogP contribution in [0.1, 0.15) is 11.6 Å². The van der Waals surface area contributed by atoms with E-state index in [4.69, 9.17) is 14.7 Å². The van der Waals surface area contributed by atoms with Crippen molar-refractivity contribution >= 4 is 0 Å². The maximum atomic E-state index is 9.00. The average Bonchev–Trinajstić information content (AvgIpc) is 2.45. The number of allylic oxidation sites excluding steroid dienone is 1. The van der Waals surface area contributed by atoms with Crippen LogP contribution in [0.4, 0.5) is 0 Å². The Bertz CT molecular complexity index is 534. The lowest BCUT2D eigenvalue weighted by Gasteiger charge is -2.30. The van der Waals surface area contributed by atoms with Crippen molar-refractivity contribution in [3.05, 3.63) is 35.7 Å². The third-order valence-corrected chi connectivity index (χ3v) is 3.08. The number of hydrogen-bond donors (Lipinski definition) is 1. The predicted molar refractivity (Wildman–Crippen MR) is 71.7 cm³/mol. The summed E-state index contributed by atoms with van der Waals surface area (Å²) in [5, 5.41) is 12.2. The molecule has 1 N–H and O–H groups in total. The van der Waals surface area contributed by atoms with Crippen LogP contribution in [0, 0.1) is 11.3 Å². The van der Waals surface area contributed by atoms with E-state index in [2.05, 4.69) is 11.4 Å². The maximum Gasteiger partial charge on any atom is 0.161 e. The zero-order valence-electron chi connectivity index (χ0n) is 11.3. The van der Waals surface area contributed by atoms with E-state index in [9.17, 15) is 0 Å². The molecule has 0 radical (unpaired) electrons. The summed E-state index contributed by atoms with van der Waals surface area (Å²) in [6.07, 6.45) is 1.80. The van der Waals surface area contributed by atoms with Crippen molar-refractivity contribution in [3.63, 3.8) is 0 Å². The lowest BCUT2D eigenvalue weighted by Crippen LogP contribution is -2.35. The molecule has 1 unspecified atom stereocenters. The van der Waals surface area contributed by atoms with Crippen molar-refractivity contribution in [2.45, 2.75) is 6.04 Å². The van der Waals surface area contributed by atoms with Gasteiger partial charge in [0.15, 0.2) is 11.5 Å². The Morgan fingerprint density at radius 2 is 2.05 bits per heavy atom. The molecule has 0 saturated carbocycles. The largest absolute Gasteiger partial charge is 0.493 e. The minimum atomic E-state index is 0.0597. The Balaban J connectivity index is 2.28. The third kappa shape index (κ3) is 2.74. The van der Waals surface area contributed by atoms with E-state index in [1.807, 2.05) is 30.1 Å². The minimum absolute atomic E-state index is 0.0597. The summed E-state index contributed by atoms with van der Waals surface area (Å²) >= 11 is 0. The van der Waals surface area contributed by atoms with E-state index in [1.165, 1.54) is 0 Å². The summed E-state index contributed by atoms with van der Waals surface area (Å²) in [6.45, 7) is 0.792. The van der Waals surface area contributed by atoms with Crippen molar-refractivity contribution in [2.75, 3.05) is 27.8 Å².